The third-order valence-electron chi connectivity index (χ3n) is 3.58. The van der Waals surface area contributed by atoms with Crippen molar-refractivity contribution in [2.24, 2.45) is 0 Å². The second kappa shape index (κ2) is 5.78. The van der Waals surface area contributed by atoms with Crippen LogP contribution in [0.1, 0.15) is 11.4 Å². The highest BCUT2D eigenvalue weighted by atomic mass is 35.5. The molecule has 0 amide bonds. The summed E-state index contributed by atoms with van der Waals surface area (Å²) in [5.41, 5.74) is 4.37. The standard InChI is InChI=1S/C17H17ClN2O/c1-12-5-3-8-15-17(12)20(16(19-15)9-10-18)13-6-4-7-14(11-13)21-2/h3-8,11H,9-10H2,1-2H3. The van der Waals surface area contributed by atoms with Crippen LogP contribution in [0.25, 0.3) is 16.7 Å². The molecule has 0 aliphatic heterocycles. The molecule has 0 N–H and O–H groups in total. The van der Waals surface area contributed by atoms with Gasteiger partial charge in [0.05, 0.1) is 23.8 Å². The summed E-state index contributed by atoms with van der Waals surface area (Å²) >= 11 is 5.94. The maximum absolute atomic E-state index is 5.94. The first-order valence-corrected chi connectivity index (χ1v) is 7.45. The zero-order valence-corrected chi connectivity index (χ0v) is 12.9. The Hall–Kier alpha value is -2.00. The zero-order chi connectivity index (χ0) is 14.8. The summed E-state index contributed by atoms with van der Waals surface area (Å²) in [4.78, 5) is 4.73. The molecule has 3 aromatic rings. The minimum absolute atomic E-state index is 0.548. The third kappa shape index (κ3) is 2.49. The number of benzene rings is 2. The monoisotopic (exact) mass is 300 g/mol. The van der Waals surface area contributed by atoms with Gasteiger partial charge < -0.3 is 4.74 Å². The fourth-order valence-electron chi connectivity index (χ4n) is 2.62. The molecule has 0 aliphatic carbocycles. The first-order valence-electron chi connectivity index (χ1n) is 6.92. The predicted molar refractivity (Wildman–Crippen MR) is 86.8 cm³/mol. The largest absolute Gasteiger partial charge is 0.497 e. The van der Waals surface area contributed by atoms with Crippen LogP contribution in [0.2, 0.25) is 0 Å². The molecule has 1 aromatic heterocycles. The minimum Gasteiger partial charge on any atom is -0.497 e. The van der Waals surface area contributed by atoms with Crippen LogP contribution in [0, 0.1) is 6.92 Å². The van der Waals surface area contributed by atoms with Crippen molar-refractivity contribution in [3.8, 4) is 11.4 Å². The van der Waals surface area contributed by atoms with E-state index in [2.05, 4.69) is 23.6 Å². The first kappa shape index (κ1) is 14.0. The van der Waals surface area contributed by atoms with Crippen LogP contribution >= 0.6 is 11.6 Å². The number of hydrogen-bond donors (Lipinski definition) is 0. The van der Waals surface area contributed by atoms with E-state index in [1.807, 2.05) is 30.3 Å². The topological polar surface area (TPSA) is 27.1 Å². The number of aromatic nitrogens is 2. The van der Waals surface area contributed by atoms with Crippen molar-refractivity contribution in [1.82, 2.24) is 9.55 Å². The number of alkyl halides is 1. The van der Waals surface area contributed by atoms with Gasteiger partial charge in [0.15, 0.2) is 0 Å². The van der Waals surface area contributed by atoms with Gasteiger partial charge in [0, 0.05) is 18.4 Å². The lowest BCUT2D eigenvalue weighted by molar-refractivity contribution is 0.414. The van der Waals surface area contributed by atoms with Gasteiger partial charge in [0.25, 0.3) is 0 Å². The van der Waals surface area contributed by atoms with Crippen molar-refractivity contribution < 1.29 is 4.74 Å². The molecule has 0 aliphatic rings. The van der Waals surface area contributed by atoms with Crippen molar-refractivity contribution in [1.29, 1.82) is 0 Å². The van der Waals surface area contributed by atoms with Crippen LogP contribution in [0.5, 0.6) is 5.75 Å². The maximum atomic E-state index is 5.94. The van der Waals surface area contributed by atoms with Gasteiger partial charge in [-0.3, -0.25) is 4.57 Å². The van der Waals surface area contributed by atoms with Gasteiger partial charge in [0.1, 0.15) is 11.6 Å². The highest BCUT2D eigenvalue weighted by Gasteiger charge is 2.14. The highest BCUT2D eigenvalue weighted by molar-refractivity contribution is 6.17. The molecular formula is C17H17ClN2O. The van der Waals surface area contributed by atoms with E-state index in [9.17, 15) is 0 Å². The van der Waals surface area contributed by atoms with Crippen molar-refractivity contribution in [2.45, 2.75) is 13.3 Å². The average Bonchev–Trinajstić information content (AvgIpc) is 2.87. The molecule has 1 heterocycles. The number of para-hydroxylation sites is 1. The Morgan fingerprint density at radius 1 is 1.19 bits per heavy atom. The van der Waals surface area contributed by atoms with Crippen molar-refractivity contribution in [3.63, 3.8) is 0 Å². The molecule has 0 atom stereocenters. The lowest BCUT2D eigenvalue weighted by atomic mass is 10.2. The Bertz CT molecular complexity index is 780. The number of imidazole rings is 1. The van der Waals surface area contributed by atoms with Crippen LogP contribution in [0.3, 0.4) is 0 Å². The number of rotatable bonds is 4. The normalized spacial score (nSPS) is 11.0. The number of methoxy groups -OCH3 is 1. The van der Waals surface area contributed by atoms with E-state index in [1.165, 1.54) is 5.56 Å². The zero-order valence-electron chi connectivity index (χ0n) is 12.1. The Balaban J connectivity index is 2.30. The Kier molecular flexibility index (Phi) is 3.84. The fourth-order valence-corrected chi connectivity index (χ4v) is 2.79. The third-order valence-corrected chi connectivity index (χ3v) is 3.77. The van der Waals surface area contributed by atoms with Gasteiger partial charge in [0.2, 0.25) is 0 Å². The molecule has 3 rings (SSSR count). The summed E-state index contributed by atoms with van der Waals surface area (Å²) in [6, 6.07) is 14.2. The number of aryl methyl sites for hydroxylation is 2. The molecule has 0 fully saturated rings. The second-order valence-corrected chi connectivity index (χ2v) is 5.32. The average molecular weight is 301 g/mol. The summed E-state index contributed by atoms with van der Waals surface area (Å²) in [6.45, 7) is 2.10. The van der Waals surface area contributed by atoms with E-state index in [-0.39, 0.29) is 0 Å². The van der Waals surface area contributed by atoms with E-state index in [0.717, 1.165) is 34.7 Å². The number of ether oxygens (including phenoxy) is 1. The van der Waals surface area contributed by atoms with Gasteiger partial charge in [-0.2, -0.15) is 0 Å². The van der Waals surface area contributed by atoms with Gasteiger partial charge in [-0.05, 0) is 30.7 Å². The van der Waals surface area contributed by atoms with Crippen LogP contribution in [0.15, 0.2) is 42.5 Å². The summed E-state index contributed by atoms with van der Waals surface area (Å²) < 4.78 is 7.51. The molecule has 0 saturated heterocycles. The van der Waals surface area contributed by atoms with E-state index >= 15 is 0 Å². The van der Waals surface area contributed by atoms with Gasteiger partial charge in [-0.15, -0.1) is 11.6 Å². The summed E-state index contributed by atoms with van der Waals surface area (Å²) in [5.74, 6) is 2.36. The minimum atomic E-state index is 0.548. The number of halogens is 1. The molecule has 108 valence electrons. The molecule has 0 radical (unpaired) electrons. The second-order valence-electron chi connectivity index (χ2n) is 4.95. The molecular weight excluding hydrogens is 284 g/mol. The number of nitrogens with zero attached hydrogens (tertiary/aromatic N) is 2. The SMILES string of the molecule is COc1cccc(-n2c(CCCl)nc3cccc(C)c32)c1. The van der Waals surface area contributed by atoms with Crippen molar-refractivity contribution >= 4 is 22.6 Å². The van der Waals surface area contributed by atoms with E-state index in [1.54, 1.807) is 7.11 Å². The van der Waals surface area contributed by atoms with Gasteiger partial charge >= 0.3 is 0 Å². The number of hydrogen-bond acceptors (Lipinski definition) is 2. The quantitative estimate of drug-likeness (QED) is 0.678. The van der Waals surface area contributed by atoms with Crippen LogP contribution in [-0.4, -0.2) is 22.5 Å². The van der Waals surface area contributed by atoms with Gasteiger partial charge in [-0.1, -0.05) is 18.2 Å². The molecule has 4 heteroatoms. The molecule has 0 bridgehead atoms. The lowest BCUT2D eigenvalue weighted by Gasteiger charge is -2.11. The molecule has 3 nitrogen and oxygen atoms in total. The summed E-state index contributed by atoms with van der Waals surface area (Å²) in [7, 11) is 1.68. The maximum Gasteiger partial charge on any atom is 0.120 e. The first-order chi connectivity index (χ1) is 10.2. The van der Waals surface area contributed by atoms with Crippen LogP contribution in [-0.2, 0) is 6.42 Å². The number of fused-ring (bicyclic) bond motifs is 1. The highest BCUT2D eigenvalue weighted by Crippen LogP contribution is 2.26. The Labute approximate surface area is 129 Å². The lowest BCUT2D eigenvalue weighted by Crippen LogP contribution is -2.03. The molecule has 21 heavy (non-hydrogen) atoms. The van der Waals surface area contributed by atoms with Gasteiger partial charge in [-0.25, -0.2) is 4.98 Å². The fraction of sp³-hybridized carbons (Fsp3) is 0.235. The predicted octanol–water partition coefficient (Wildman–Crippen LogP) is 4.12. The van der Waals surface area contributed by atoms with E-state index in [0.29, 0.717) is 5.88 Å². The molecule has 0 unspecified atom stereocenters. The summed E-state index contributed by atoms with van der Waals surface area (Å²) in [6.07, 6.45) is 0.729. The van der Waals surface area contributed by atoms with Crippen LogP contribution < -0.4 is 4.74 Å². The van der Waals surface area contributed by atoms with Crippen molar-refractivity contribution in [2.75, 3.05) is 13.0 Å². The summed E-state index contributed by atoms with van der Waals surface area (Å²) in [5, 5.41) is 0. The molecule has 0 spiro atoms. The Morgan fingerprint density at radius 2 is 2.00 bits per heavy atom. The van der Waals surface area contributed by atoms with Crippen molar-refractivity contribution in [3.05, 3.63) is 53.9 Å². The molecule has 0 saturated carbocycles. The molecule has 2 aromatic carbocycles. The van der Waals surface area contributed by atoms with E-state index in [4.69, 9.17) is 21.3 Å². The van der Waals surface area contributed by atoms with E-state index < -0.39 is 0 Å². The van der Waals surface area contributed by atoms with Crippen LogP contribution in [0.4, 0.5) is 0 Å². The smallest absolute Gasteiger partial charge is 0.120 e. The Morgan fingerprint density at radius 3 is 2.76 bits per heavy atom.